The lowest BCUT2D eigenvalue weighted by molar-refractivity contribution is 1.43. The molecule has 3 aromatic rings. The highest BCUT2D eigenvalue weighted by Gasteiger charge is 2.07. The van der Waals surface area contributed by atoms with Crippen LogP contribution in [0.5, 0.6) is 0 Å². The zero-order valence-electron chi connectivity index (χ0n) is 7.23. The van der Waals surface area contributed by atoms with E-state index in [1.54, 1.807) is 22.7 Å². The molecule has 0 spiro atoms. The molecule has 0 unspecified atom stereocenters. The Balaban J connectivity index is 2.33. The third-order valence-corrected chi connectivity index (χ3v) is 3.74. The van der Waals surface area contributed by atoms with E-state index in [0.29, 0.717) is 0 Å². The van der Waals surface area contributed by atoms with Crippen molar-refractivity contribution in [1.82, 2.24) is 4.98 Å². The standard InChI is InChI=1S/C11H6NS2/c1-2-4-10-8(3-1)9(7-14-10)11-12-5-6-13-11/h1-6H. The molecule has 0 aliphatic carbocycles. The van der Waals surface area contributed by atoms with Gasteiger partial charge in [0, 0.05) is 27.2 Å². The fourth-order valence-corrected chi connectivity index (χ4v) is 2.99. The van der Waals surface area contributed by atoms with Crippen molar-refractivity contribution in [3.63, 3.8) is 0 Å². The van der Waals surface area contributed by atoms with Crippen molar-refractivity contribution in [3.8, 4) is 10.6 Å². The minimum atomic E-state index is 1.06. The van der Waals surface area contributed by atoms with Crippen molar-refractivity contribution in [1.29, 1.82) is 0 Å². The van der Waals surface area contributed by atoms with Crippen LogP contribution in [0, 0.1) is 5.38 Å². The highest BCUT2D eigenvalue weighted by Crippen LogP contribution is 2.33. The molecule has 1 aromatic carbocycles. The van der Waals surface area contributed by atoms with E-state index in [-0.39, 0.29) is 0 Å². The molecule has 0 atom stereocenters. The largest absolute Gasteiger partial charge is 0.244 e. The lowest BCUT2D eigenvalue weighted by Crippen LogP contribution is -1.71. The summed E-state index contributed by atoms with van der Waals surface area (Å²) in [4.78, 5) is 4.30. The van der Waals surface area contributed by atoms with Crippen molar-refractivity contribution >= 4 is 32.8 Å². The van der Waals surface area contributed by atoms with Gasteiger partial charge in [0.2, 0.25) is 0 Å². The van der Waals surface area contributed by atoms with Gasteiger partial charge in [-0.15, -0.1) is 22.7 Å². The molecule has 2 aromatic heterocycles. The second-order valence-corrected chi connectivity index (χ2v) is 4.66. The van der Waals surface area contributed by atoms with Gasteiger partial charge in [-0.1, -0.05) is 18.2 Å². The molecule has 14 heavy (non-hydrogen) atoms. The van der Waals surface area contributed by atoms with Crippen LogP contribution >= 0.6 is 22.7 Å². The zero-order chi connectivity index (χ0) is 9.38. The summed E-state index contributed by atoms with van der Waals surface area (Å²) in [7, 11) is 0. The van der Waals surface area contributed by atoms with Gasteiger partial charge >= 0.3 is 0 Å². The normalized spacial score (nSPS) is 10.9. The summed E-state index contributed by atoms with van der Waals surface area (Å²) < 4.78 is 1.28. The molecule has 0 aliphatic rings. The molecule has 0 N–H and O–H groups in total. The van der Waals surface area contributed by atoms with Crippen LogP contribution in [-0.4, -0.2) is 4.98 Å². The van der Waals surface area contributed by atoms with E-state index < -0.39 is 0 Å². The Morgan fingerprint density at radius 1 is 1.21 bits per heavy atom. The Hall–Kier alpha value is -1.19. The highest BCUT2D eigenvalue weighted by atomic mass is 32.1. The van der Waals surface area contributed by atoms with Gasteiger partial charge in [-0.05, 0) is 6.07 Å². The minimum absolute atomic E-state index is 1.06. The lowest BCUT2D eigenvalue weighted by Gasteiger charge is -1.92. The third kappa shape index (κ3) is 1.17. The number of hydrogen-bond donors (Lipinski definition) is 0. The van der Waals surface area contributed by atoms with Crippen LogP contribution in [0.2, 0.25) is 0 Å². The molecular weight excluding hydrogens is 210 g/mol. The van der Waals surface area contributed by atoms with Crippen molar-refractivity contribution < 1.29 is 0 Å². The lowest BCUT2D eigenvalue weighted by atomic mass is 10.2. The molecule has 0 saturated carbocycles. The van der Waals surface area contributed by atoms with Crippen LogP contribution in [0.25, 0.3) is 20.7 Å². The first-order valence-corrected chi connectivity index (χ1v) is 5.94. The van der Waals surface area contributed by atoms with Gasteiger partial charge < -0.3 is 0 Å². The smallest absolute Gasteiger partial charge is 0.125 e. The summed E-state index contributed by atoms with van der Waals surface area (Å²) in [5.74, 6) is 0. The summed E-state index contributed by atoms with van der Waals surface area (Å²) in [6.45, 7) is 0. The Bertz CT molecular complexity index is 551. The maximum atomic E-state index is 4.30. The van der Waals surface area contributed by atoms with E-state index in [9.17, 15) is 0 Å². The Morgan fingerprint density at radius 3 is 3.00 bits per heavy atom. The van der Waals surface area contributed by atoms with Crippen molar-refractivity contribution in [3.05, 3.63) is 41.2 Å². The second-order valence-electron chi connectivity index (χ2n) is 2.91. The Morgan fingerprint density at radius 2 is 2.14 bits per heavy atom. The van der Waals surface area contributed by atoms with Crippen LogP contribution in [-0.2, 0) is 0 Å². The summed E-state index contributed by atoms with van der Waals surface area (Å²) in [6, 6.07) is 8.35. The molecule has 0 saturated heterocycles. The maximum absolute atomic E-state index is 4.30. The first-order chi connectivity index (χ1) is 6.95. The van der Waals surface area contributed by atoms with Crippen LogP contribution < -0.4 is 0 Å². The molecule has 0 fully saturated rings. The van der Waals surface area contributed by atoms with E-state index >= 15 is 0 Å². The molecule has 0 aliphatic heterocycles. The molecule has 67 valence electrons. The van der Waals surface area contributed by atoms with Crippen LogP contribution in [0.3, 0.4) is 0 Å². The molecular formula is C11H6NS2. The molecule has 3 rings (SSSR count). The SMILES string of the molecule is [c]1sc2ccccc2c1-c1nccs1. The van der Waals surface area contributed by atoms with Crippen molar-refractivity contribution in [2.75, 3.05) is 0 Å². The monoisotopic (exact) mass is 216 g/mol. The van der Waals surface area contributed by atoms with Gasteiger partial charge in [0.25, 0.3) is 0 Å². The predicted molar refractivity (Wildman–Crippen MR) is 61.8 cm³/mol. The highest BCUT2D eigenvalue weighted by molar-refractivity contribution is 7.18. The van der Waals surface area contributed by atoms with Crippen LogP contribution in [0.1, 0.15) is 0 Å². The number of nitrogens with zero attached hydrogens (tertiary/aromatic N) is 1. The topological polar surface area (TPSA) is 12.9 Å². The summed E-state index contributed by atoms with van der Waals surface area (Å²) in [5, 5.41) is 7.62. The maximum Gasteiger partial charge on any atom is 0.125 e. The molecule has 3 heteroatoms. The number of rotatable bonds is 1. The Kier molecular flexibility index (Phi) is 1.85. The fourth-order valence-electron chi connectivity index (χ4n) is 1.43. The van der Waals surface area contributed by atoms with Gasteiger partial charge in [0.1, 0.15) is 5.01 Å². The summed E-state index contributed by atoms with van der Waals surface area (Å²) in [5.41, 5.74) is 1.14. The quantitative estimate of drug-likeness (QED) is 0.602. The molecule has 0 amide bonds. The van der Waals surface area contributed by atoms with Crippen molar-refractivity contribution in [2.45, 2.75) is 0 Å². The number of fused-ring (bicyclic) bond motifs is 1. The number of thiophene rings is 1. The first-order valence-electron chi connectivity index (χ1n) is 4.24. The fraction of sp³-hybridized carbons (Fsp3) is 0. The van der Waals surface area contributed by atoms with E-state index in [4.69, 9.17) is 0 Å². The van der Waals surface area contributed by atoms with Gasteiger partial charge in [-0.3, -0.25) is 0 Å². The third-order valence-electron chi connectivity index (χ3n) is 2.07. The number of thiazole rings is 1. The first kappa shape index (κ1) is 8.15. The molecule has 0 bridgehead atoms. The number of benzene rings is 1. The summed E-state index contributed by atoms with van der Waals surface area (Å²) in [6.07, 6.45) is 1.83. The number of hydrogen-bond acceptors (Lipinski definition) is 3. The van der Waals surface area contributed by atoms with Gasteiger partial charge in [0.15, 0.2) is 0 Å². The Labute approximate surface area is 89.7 Å². The second kappa shape index (κ2) is 3.19. The van der Waals surface area contributed by atoms with Gasteiger partial charge in [-0.2, -0.15) is 0 Å². The zero-order valence-corrected chi connectivity index (χ0v) is 8.86. The predicted octanol–water partition coefficient (Wildman–Crippen LogP) is 3.82. The number of aromatic nitrogens is 1. The van der Waals surface area contributed by atoms with E-state index in [2.05, 4.69) is 34.6 Å². The average molecular weight is 216 g/mol. The van der Waals surface area contributed by atoms with E-state index in [1.807, 2.05) is 11.6 Å². The van der Waals surface area contributed by atoms with Crippen LogP contribution in [0.4, 0.5) is 0 Å². The van der Waals surface area contributed by atoms with E-state index in [0.717, 1.165) is 10.6 Å². The minimum Gasteiger partial charge on any atom is -0.244 e. The van der Waals surface area contributed by atoms with Crippen LogP contribution in [0.15, 0.2) is 35.8 Å². The van der Waals surface area contributed by atoms with Gasteiger partial charge in [-0.25, -0.2) is 4.98 Å². The summed E-state index contributed by atoms with van der Waals surface area (Å²) >= 11 is 3.31. The molecule has 2 heterocycles. The molecule has 1 nitrogen and oxygen atoms in total. The molecule has 1 radical (unpaired) electrons. The van der Waals surface area contributed by atoms with Gasteiger partial charge in [0.05, 0.1) is 5.38 Å². The average Bonchev–Trinajstić information content (AvgIpc) is 2.85. The van der Waals surface area contributed by atoms with E-state index in [1.165, 1.54) is 10.1 Å². The van der Waals surface area contributed by atoms with Crippen molar-refractivity contribution in [2.24, 2.45) is 0 Å².